The Morgan fingerprint density at radius 3 is 2.62 bits per heavy atom. The number of hydrogen-bond donors (Lipinski definition) is 1. The fourth-order valence-electron chi connectivity index (χ4n) is 1.38. The Labute approximate surface area is 95.9 Å². The molecule has 0 fully saturated rings. The molecule has 1 aromatic rings. The van der Waals surface area contributed by atoms with E-state index in [2.05, 4.69) is 12.2 Å². The van der Waals surface area contributed by atoms with Gasteiger partial charge in [0.2, 0.25) is 5.91 Å². The number of benzene rings is 1. The summed E-state index contributed by atoms with van der Waals surface area (Å²) in [6.45, 7) is 3.69. The van der Waals surface area contributed by atoms with Gasteiger partial charge in [0.15, 0.2) is 6.30 Å². The first-order valence-corrected chi connectivity index (χ1v) is 5.51. The van der Waals surface area contributed by atoms with E-state index in [9.17, 15) is 9.18 Å². The smallest absolute Gasteiger partial charge is 0.222 e. The van der Waals surface area contributed by atoms with Crippen LogP contribution in [0.1, 0.15) is 37.5 Å². The van der Waals surface area contributed by atoms with Crippen LogP contribution in [0.2, 0.25) is 0 Å². The van der Waals surface area contributed by atoms with Gasteiger partial charge in [0.1, 0.15) is 0 Å². The number of halogens is 1. The standard InChI is InChI=1S/C13H17FNO/c1-2-3-5-10-12(16)15-13(14)11-8-6-4-7-9-11/h4,6-9,13H,1-3,5,10H2,(H,15,16). The maximum Gasteiger partial charge on any atom is 0.222 e. The number of carbonyl (C=O) groups excluding carboxylic acids is 1. The maximum atomic E-state index is 13.6. The summed E-state index contributed by atoms with van der Waals surface area (Å²) in [6, 6.07) is 8.61. The minimum atomic E-state index is -1.41. The summed E-state index contributed by atoms with van der Waals surface area (Å²) in [5.41, 5.74) is 0.480. The predicted molar refractivity (Wildman–Crippen MR) is 62.3 cm³/mol. The average molecular weight is 222 g/mol. The number of amides is 1. The van der Waals surface area contributed by atoms with Crippen LogP contribution >= 0.6 is 0 Å². The minimum Gasteiger partial charge on any atom is -0.323 e. The molecule has 0 saturated carbocycles. The van der Waals surface area contributed by atoms with Gasteiger partial charge < -0.3 is 5.32 Å². The van der Waals surface area contributed by atoms with Gasteiger partial charge in [-0.05, 0) is 6.42 Å². The van der Waals surface area contributed by atoms with Gasteiger partial charge in [0, 0.05) is 12.0 Å². The van der Waals surface area contributed by atoms with Gasteiger partial charge in [-0.15, -0.1) is 0 Å². The van der Waals surface area contributed by atoms with Crippen LogP contribution in [0.25, 0.3) is 0 Å². The van der Waals surface area contributed by atoms with Crippen LogP contribution in [0.3, 0.4) is 0 Å². The van der Waals surface area contributed by atoms with Crippen molar-refractivity contribution in [3.05, 3.63) is 42.8 Å². The monoisotopic (exact) mass is 222 g/mol. The molecule has 0 spiro atoms. The first-order valence-electron chi connectivity index (χ1n) is 5.51. The second kappa shape index (κ2) is 6.99. The SMILES string of the molecule is [CH2]CCCCC(=O)NC(F)c1ccccc1. The van der Waals surface area contributed by atoms with Crippen molar-refractivity contribution in [2.24, 2.45) is 0 Å². The molecule has 0 bridgehead atoms. The van der Waals surface area contributed by atoms with E-state index in [4.69, 9.17) is 0 Å². The quantitative estimate of drug-likeness (QED) is 0.581. The molecule has 3 heteroatoms. The summed E-state index contributed by atoms with van der Waals surface area (Å²) in [4.78, 5) is 11.3. The molecule has 0 heterocycles. The lowest BCUT2D eigenvalue weighted by Crippen LogP contribution is -2.25. The molecule has 87 valence electrons. The van der Waals surface area contributed by atoms with Gasteiger partial charge in [-0.3, -0.25) is 4.79 Å². The summed E-state index contributed by atoms with van der Waals surface area (Å²) in [5, 5.41) is 2.33. The Balaban J connectivity index is 2.34. The average Bonchev–Trinajstić information content (AvgIpc) is 2.30. The highest BCUT2D eigenvalue weighted by Crippen LogP contribution is 2.13. The molecule has 1 rings (SSSR count). The van der Waals surface area contributed by atoms with Gasteiger partial charge >= 0.3 is 0 Å². The summed E-state index contributed by atoms with van der Waals surface area (Å²) in [6.07, 6.45) is 1.42. The van der Waals surface area contributed by atoms with E-state index in [1.807, 2.05) is 6.07 Å². The van der Waals surface area contributed by atoms with Gasteiger partial charge in [0.05, 0.1) is 0 Å². The molecule has 1 atom stereocenters. The maximum absolute atomic E-state index is 13.6. The highest BCUT2D eigenvalue weighted by molar-refractivity contribution is 5.76. The molecule has 1 aromatic carbocycles. The summed E-state index contributed by atoms with van der Waals surface area (Å²) in [5.74, 6) is -0.246. The highest BCUT2D eigenvalue weighted by Gasteiger charge is 2.11. The third-order valence-electron chi connectivity index (χ3n) is 2.28. The van der Waals surface area contributed by atoms with Crippen LogP contribution in [0, 0.1) is 6.92 Å². The summed E-state index contributed by atoms with van der Waals surface area (Å²) < 4.78 is 13.6. The van der Waals surface area contributed by atoms with Crippen molar-refractivity contribution in [3.63, 3.8) is 0 Å². The second-order valence-corrected chi connectivity index (χ2v) is 3.65. The second-order valence-electron chi connectivity index (χ2n) is 3.65. The van der Waals surface area contributed by atoms with Gasteiger partial charge in [0.25, 0.3) is 0 Å². The van der Waals surface area contributed by atoms with Gasteiger partial charge in [-0.2, -0.15) is 0 Å². The largest absolute Gasteiger partial charge is 0.323 e. The Kier molecular flexibility index (Phi) is 5.54. The fourth-order valence-corrected chi connectivity index (χ4v) is 1.38. The Hall–Kier alpha value is -1.38. The fraction of sp³-hybridized carbons (Fsp3) is 0.385. The van der Waals surface area contributed by atoms with Gasteiger partial charge in [-0.25, -0.2) is 4.39 Å². The number of unbranched alkanes of at least 4 members (excludes halogenated alkanes) is 2. The molecular formula is C13H17FNO. The van der Waals surface area contributed by atoms with Crippen molar-refractivity contribution in [1.82, 2.24) is 5.32 Å². The Bertz CT molecular complexity index is 313. The lowest BCUT2D eigenvalue weighted by molar-refractivity contribution is -0.123. The van der Waals surface area contributed by atoms with E-state index >= 15 is 0 Å². The predicted octanol–water partition coefficient (Wildman–Crippen LogP) is 3.17. The molecule has 0 aliphatic heterocycles. The number of rotatable bonds is 6. The van der Waals surface area contributed by atoms with Crippen molar-refractivity contribution in [2.75, 3.05) is 0 Å². The molecule has 0 aliphatic carbocycles. The van der Waals surface area contributed by atoms with E-state index in [0.717, 1.165) is 19.3 Å². The van der Waals surface area contributed by atoms with Crippen molar-refractivity contribution < 1.29 is 9.18 Å². The lowest BCUT2D eigenvalue weighted by atomic mass is 10.2. The first kappa shape index (κ1) is 12.7. The highest BCUT2D eigenvalue weighted by atomic mass is 19.1. The molecule has 0 aliphatic rings. The molecular weight excluding hydrogens is 205 g/mol. The molecule has 1 N–H and O–H groups in total. The van der Waals surface area contributed by atoms with E-state index < -0.39 is 6.30 Å². The van der Waals surface area contributed by atoms with Crippen LogP contribution in [0.4, 0.5) is 4.39 Å². The molecule has 16 heavy (non-hydrogen) atoms. The van der Waals surface area contributed by atoms with Crippen molar-refractivity contribution in [2.45, 2.75) is 32.0 Å². The van der Waals surface area contributed by atoms with Crippen molar-refractivity contribution in [1.29, 1.82) is 0 Å². The van der Waals surface area contributed by atoms with Crippen molar-refractivity contribution in [3.8, 4) is 0 Å². The minimum absolute atomic E-state index is 0.246. The zero-order chi connectivity index (χ0) is 11.8. The third kappa shape index (κ3) is 4.43. The normalized spacial score (nSPS) is 12.1. The van der Waals surface area contributed by atoms with Gasteiger partial charge in [-0.1, -0.05) is 50.1 Å². The molecule has 1 amide bonds. The van der Waals surface area contributed by atoms with Crippen LogP contribution in [-0.2, 0) is 4.79 Å². The zero-order valence-corrected chi connectivity index (χ0v) is 9.29. The van der Waals surface area contributed by atoms with Crippen LogP contribution in [0.5, 0.6) is 0 Å². The summed E-state index contributed by atoms with van der Waals surface area (Å²) in [7, 11) is 0. The summed E-state index contributed by atoms with van der Waals surface area (Å²) >= 11 is 0. The Morgan fingerprint density at radius 1 is 1.31 bits per heavy atom. The number of carbonyl (C=O) groups is 1. The molecule has 2 nitrogen and oxygen atoms in total. The molecule has 0 aromatic heterocycles. The molecule has 1 unspecified atom stereocenters. The molecule has 1 radical (unpaired) electrons. The van der Waals surface area contributed by atoms with E-state index in [1.165, 1.54) is 0 Å². The molecule has 0 saturated heterocycles. The van der Waals surface area contributed by atoms with Crippen LogP contribution in [0.15, 0.2) is 30.3 Å². The van der Waals surface area contributed by atoms with Crippen LogP contribution in [-0.4, -0.2) is 5.91 Å². The lowest BCUT2D eigenvalue weighted by Gasteiger charge is -2.10. The zero-order valence-electron chi connectivity index (χ0n) is 9.29. The topological polar surface area (TPSA) is 29.1 Å². The van der Waals surface area contributed by atoms with E-state index in [1.54, 1.807) is 24.3 Å². The first-order chi connectivity index (χ1) is 7.74. The van der Waals surface area contributed by atoms with Crippen molar-refractivity contribution >= 4 is 5.91 Å². The number of alkyl halides is 1. The van der Waals surface area contributed by atoms with Crippen LogP contribution < -0.4 is 5.32 Å². The number of hydrogen-bond acceptors (Lipinski definition) is 1. The Morgan fingerprint density at radius 2 is 2.00 bits per heavy atom. The van der Waals surface area contributed by atoms with E-state index in [0.29, 0.717) is 12.0 Å². The van der Waals surface area contributed by atoms with E-state index in [-0.39, 0.29) is 5.91 Å². The number of nitrogens with one attached hydrogen (secondary N) is 1. The third-order valence-corrected chi connectivity index (χ3v) is 2.28.